The van der Waals surface area contributed by atoms with Crippen molar-refractivity contribution in [1.29, 1.82) is 0 Å². The first kappa shape index (κ1) is 16.6. The van der Waals surface area contributed by atoms with Crippen molar-refractivity contribution in [2.24, 2.45) is 0 Å². The third-order valence-electron chi connectivity index (χ3n) is 2.44. The lowest BCUT2D eigenvalue weighted by Crippen LogP contribution is -2.32. The minimum absolute atomic E-state index is 0.0482. The van der Waals surface area contributed by atoms with Crippen molar-refractivity contribution in [1.82, 2.24) is 10.6 Å². The number of rotatable bonds is 7. The van der Waals surface area contributed by atoms with Crippen LogP contribution in [0.2, 0.25) is 0 Å². The van der Waals surface area contributed by atoms with Gasteiger partial charge < -0.3 is 15.4 Å². The highest BCUT2D eigenvalue weighted by molar-refractivity contribution is 9.10. The largest absolute Gasteiger partial charge is 0.383 e. The van der Waals surface area contributed by atoms with E-state index in [1.54, 1.807) is 13.2 Å². The molecule has 0 unspecified atom stereocenters. The topological polar surface area (TPSA) is 67.4 Å². The molecule has 0 aromatic heterocycles. The number of amides is 2. The minimum Gasteiger partial charge on any atom is -0.383 e. The van der Waals surface area contributed by atoms with Crippen LogP contribution in [0.3, 0.4) is 0 Å². The van der Waals surface area contributed by atoms with Crippen LogP contribution in [0.15, 0.2) is 22.7 Å². The average molecular weight is 347 g/mol. The number of benzene rings is 1. The zero-order valence-corrected chi connectivity index (χ0v) is 12.6. The maximum Gasteiger partial charge on any atom is 0.254 e. The van der Waals surface area contributed by atoms with Crippen LogP contribution in [-0.4, -0.2) is 38.6 Å². The van der Waals surface area contributed by atoms with Gasteiger partial charge in [0.15, 0.2) is 0 Å². The molecule has 0 atom stereocenters. The molecule has 0 aliphatic rings. The molecule has 0 heterocycles. The summed E-state index contributed by atoms with van der Waals surface area (Å²) >= 11 is 3.11. The van der Waals surface area contributed by atoms with Gasteiger partial charge in [0.1, 0.15) is 5.82 Å². The Labute approximate surface area is 125 Å². The van der Waals surface area contributed by atoms with Gasteiger partial charge >= 0.3 is 0 Å². The normalized spacial score (nSPS) is 10.2. The van der Waals surface area contributed by atoms with E-state index in [1.165, 1.54) is 12.1 Å². The fraction of sp³-hybridized carbons (Fsp3) is 0.385. The summed E-state index contributed by atoms with van der Waals surface area (Å²) < 4.78 is 18.9. The highest BCUT2D eigenvalue weighted by Gasteiger charge is 2.11. The van der Waals surface area contributed by atoms with E-state index in [0.29, 0.717) is 17.6 Å². The first-order valence-corrected chi connectivity index (χ1v) is 6.82. The summed E-state index contributed by atoms with van der Waals surface area (Å²) in [5.74, 6) is -1.35. The van der Waals surface area contributed by atoms with Crippen molar-refractivity contribution in [2.75, 3.05) is 26.8 Å². The van der Waals surface area contributed by atoms with E-state index < -0.39 is 11.7 Å². The molecular weight excluding hydrogens is 331 g/mol. The van der Waals surface area contributed by atoms with Gasteiger partial charge in [0, 0.05) is 31.1 Å². The van der Waals surface area contributed by atoms with Crippen molar-refractivity contribution < 1.29 is 18.7 Å². The maximum atomic E-state index is 13.5. The number of carbonyl (C=O) groups is 2. The zero-order chi connectivity index (χ0) is 15.0. The maximum absolute atomic E-state index is 13.5. The highest BCUT2D eigenvalue weighted by atomic mass is 79.9. The lowest BCUT2D eigenvalue weighted by molar-refractivity contribution is -0.121. The average Bonchev–Trinajstić information content (AvgIpc) is 2.38. The predicted molar refractivity (Wildman–Crippen MR) is 75.9 cm³/mol. The molecule has 5 nitrogen and oxygen atoms in total. The molecule has 0 aliphatic heterocycles. The first-order chi connectivity index (χ1) is 9.54. The van der Waals surface area contributed by atoms with Crippen molar-refractivity contribution in [3.8, 4) is 0 Å². The van der Waals surface area contributed by atoms with Gasteiger partial charge in [0.05, 0.1) is 12.2 Å². The Bertz CT molecular complexity index is 483. The Morgan fingerprint density at radius 3 is 2.70 bits per heavy atom. The van der Waals surface area contributed by atoms with Crippen molar-refractivity contribution >= 4 is 27.7 Å². The fourth-order valence-corrected chi connectivity index (χ4v) is 1.77. The van der Waals surface area contributed by atoms with Crippen LogP contribution in [-0.2, 0) is 9.53 Å². The second-order valence-electron chi connectivity index (χ2n) is 3.97. The summed E-state index contributed by atoms with van der Waals surface area (Å²) in [6.45, 7) is 1.000. The Balaban J connectivity index is 2.34. The number of hydrogen-bond acceptors (Lipinski definition) is 3. The highest BCUT2D eigenvalue weighted by Crippen LogP contribution is 2.15. The van der Waals surface area contributed by atoms with E-state index in [1.807, 2.05) is 0 Å². The Kier molecular flexibility index (Phi) is 7.17. The fourth-order valence-electron chi connectivity index (χ4n) is 1.44. The molecule has 0 saturated heterocycles. The molecule has 0 aliphatic carbocycles. The SMILES string of the molecule is COCCNC(=O)CCNC(=O)c1ccc(Br)cc1F. The van der Waals surface area contributed by atoms with Crippen LogP contribution >= 0.6 is 15.9 Å². The third-order valence-corrected chi connectivity index (χ3v) is 2.93. The van der Waals surface area contributed by atoms with Gasteiger partial charge in [-0.15, -0.1) is 0 Å². The molecule has 1 aromatic rings. The molecule has 1 rings (SSSR count). The molecule has 1 aromatic carbocycles. The van der Waals surface area contributed by atoms with Gasteiger partial charge in [-0.2, -0.15) is 0 Å². The summed E-state index contributed by atoms with van der Waals surface area (Å²) in [5, 5.41) is 5.11. The number of methoxy groups -OCH3 is 1. The molecule has 0 spiro atoms. The molecule has 2 N–H and O–H groups in total. The second-order valence-corrected chi connectivity index (χ2v) is 4.89. The smallest absolute Gasteiger partial charge is 0.254 e. The number of ether oxygens (including phenoxy) is 1. The Morgan fingerprint density at radius 1 is 1.30 bits per heavy atom. The molecule has 110 valence electrons. The first-order valence-electron chi connectivity index (χ1n) is 6.03. The Morgan fingerprint density at radius 2 is 2.05 bits per heavy atom. The van der Waals surface area contributed by atoms with Crippen LogP contribution in [0, 0.1) is 5.82 Å². The molecule has 7 heteroatoms. The molecule has 0 saturated carbocycles. The summed E-state index contributed by atoms with van der Waals surface area (Å²) in [7, 11) is 1.54. The number of halogens is 2. The van der Waals surface area contributed by atoms with E-state index in [9.17, 15) is 14.0 Å². The van der Waals surface area contributed by atoms with Crippen molar-refractivity contribution in [3.05, 3.63) is 34.1 Å². The van der Waals surface area contributed by atoms with Crippen LogP contribution in [0.5, 0.6) is 0 Å². The Hall–Kier alpha value is -1.47. The van der Waals surface area contributed by atoms with Gasteiger partial charge in [0.2, 0.25) is 5.91 Å². The van der Waals surface area contributed by atoms with Crippen LogP contribution in [0.1, 0.15) is 16.8 Å². The second kappa shape index (κ2) is 8.65. The monoisotopic (exact) mass is 346 g/mol. The summed E-state index contributed by atoms with van der Waals surface area (Å²) in [4.78, 5) is 23.0. The zero-order valence-electron chi connectivity index (χ0n) is 11.0. The van der Waals surface area contributed by atoms with E-state index in [4.69, 9.17) is 4.74 Å². The van der Waals surface area contributed by atoms with Crippen molar-refractivity contribution in [3.63, 3.8) is 0 Å². The van der Waals surface area contributed by atoms with Crippen LogP contribution in [0.4, 0.5) is 4.39 Å². The number of carbonyl (C=O) groups excluding carboxylic acids is 2. The number of nitrogens with one attached hydrogen (secondary N) is 2. The standard InChI is InChI=1S/C13H16BrFN2O3/c1-20-7-6-16-12(18)4-5-17-13(19)10-3-2-9(14)8-11(10)15/h2-3,8H,4-7H2,1H3,(H,16,18)(H,17,19). The predicted octanol–water partition coefficient (Wildman–Crippen LogP) is 1.47. The molecular formula is C13H16BrFN2O3. The molecule has 20 heavy (non-hydrogen) atoms. The van der Waals surface area contributed by atoms with E-state index >= 15 is 0 Å². The molecule has 0 radical (unpaired) electrons. The van der Waals surface area contributed by atoms with Gasteiger partial charge in [-0.05, 0) is 18.2 Å². The number of hydrogen-bond donors (Lipinski definition) is 2. The molecule has 2 amide bonds. The lowest BCUT2D eigenvalue weighted by atomic mass is 10.2. The minimum atomic E-state index is -0.610. The summed E-state index contributed by atoms with van der Waals surface area (Å²) in [5.41, 5.74) is -0.0482. The molecule has 0 bridgehead atoms. The van der Waals surface area contributed by atoms with Crippen molar-refractivity contribution in [2.45, 2.75) is 6.42 Å². The van der Waals surface area contributed by atoms with Gasteiger partial charge in [-0.3, -0.25) is 9.59 Å². The van der Waals surface area contributed by atoms with Crippen LogP contribution in [0.25, 0.3) is 0 Å². The van der Waals surface area contributed by atoms with Gasteiger partial charge in [-0.1, -0.05) is 15.9 Å². The lowest BCUT2D eigenvalue weighted by Gasteiger charge is -2.07. The summed E-state index contributed by atoms with van der Waals surface area (Å²) in [6.07, 6.45) is 0.133. The van der Waals surface area contributed by atoms with Crippen LogP contribution < -0.4 is 10.6 Å². The van der Waals surface area contributed by atoms with Gasteiger partial charge in [-0.25, -0.2) is 4.39 Å². The quantitative estimate of drug-likeness (QED) is 0.734. The van der Waals surface area contributed by atoms with E-state index in [2.05, 4.69) is 26.6 Å². The van der Waals surface area contributed by atoms with E-state index in [0.717, 1.165) is 0 Å². The molecule has 0 fully saturated rings. The summed E-state index contributed by atoms with van der Waals surface area (Å²) in [6, 6.07) is 4.18. The third kappa shape index (κ3) is 5.66. The van der Waals surface area contributed by atoms with E-state index in [-0.39, 0.29) is 24.4 Å². The van der Waals surface area contributed by atoms with Gasteiger partial charge in [0.25, 0.3) is 5.91 Å².